The van der Waals surface area contributed by atoms with Crippen molar-refractivity contribution in [2.24, 2.45) is 5.73 Å². The van der Waals surface area contributed by atoms with E-state index in [2.05, 4.69) is 17.4 Å². The SMILES string of the molecule is CN1CCN(NC(=O)c2cccc(CC(N)=S)c2)CC1. The van der Waals surface area contributed by atoms with Crippen molar-refractivity contribution < 1.29 is 4.79 Å². The standard InChI is InChI=1S/C14H20N4OS/c1-17-5-7-18(8-6-17)16-14(19)12-4-2-3-11(9-12)10-13(15)20/h2-4,9H,5-8,10H2,1H3,(H2,15,20)(H,16,19). The number of nitrogens with zero attached hydrogens (tertiary/aromatic N) is 2. The van der Waals surface area contributed by atoms with Gasteiger partial charge in [-0.25, -0.2) is 5.01 Å². The van der Waals surface area contributed by atoms with Gasteiger partial charge in [0.1, 0.15) is 0 Å². The summed E-state index contributed by atoms with van der Waals surface area (Å²) in [5, 5.41) is 1.96. The molecule has 0 spiro atoms. The molecule has 0 bridgehead atoms. The number of nitrogens with two attached hydrogens (primary N) is 1. The first-order valence-corrected chi connectivity index (χ1v) is 7.07. The summed E-state index contributed by atoms with van der Waals surface area (Å²) in [7, 11) is 2.08. The van der Waals surface area contributed by atoms with E-state index in [9.17, 15) is 4.79 Å². The largest absolute Gasteiger partial charge is 0.393 e. The van der Waals surface area contributed by atoms with Crippen molar-refractivity contribution in [2.75, 3.05) is 33.2 Å². The van der Waals surface area contributed by atoms with Crippen LogP contribution < -0.4 is 11.2 Å². The van der Waals surface area contributed by atoms with E-state index in [0.29, 0.717) is 17.0 Å². The first-order valence-electron chi connectivity index (χ1n) is 6.66. The summed E-state index contributed by atoms with van der Waals surface area (Å²) in [6.07, 6.45) is 0.519. The summed E-state index contributed by atoms with van der Waals surface area (Å²) < 4.78 is 0. The Bertz CT molecular complexity index is 498. The zero-order chi connectivity index (χ0) is 14.5. The van der Waals surface area contributed by atoms with Crippen LogP contribution in [0.3, 0.4) is 0 Å². The Morgan fingerprint density at radius 2 is 2.05 bits per heavy atom. The highest BCUT2D eigenvalue weighted by molar-refractivity contribution is 7.80. The van der Waals surface area contributed by atoms with E-state index < -0.39 is 0 Å². The van der Waals surface area contributed by atoms with Crippen LogP contribution in [0.15, 0.2) is 24.3 Å². The van der Waals surface area contributed by atoms with Gasteiger partial charge in [0.25, 0.3) is 5.91 Å². The topological polar surface area (TPSA) is 61.6 Å². The molecular formula is C14H20N4OS. The van der Waals surface area contributed by atoms with Crippen molar-refractivity contribution >= 4 is 23.1 Å². The summed E-state index contributed by atoms with van der Waals surface area (Å²) in [5.41, 5.74) is 10.1. The van der Waals surface area contributed by atoms with Crippen molar-refractivity contribution in [3.05, 3.63) is 35.4 Å². The third kappa shape index (κ3) is 4.26. The number of amides is 1. The molecule has 0 atom stereocenters. The first-order chi connectivity index (χ1) is 9.54. The number of piperazine rings is 1. The number of likely N-dealkylation sites (N-methyl/N-ethyl adjacent to an activating group) is 1. The number of nitrogens with one attached hydrogen (secondary N) is 1. The summed E-state index contributed by atoms with van der Waals surface area (Å²) in [4.78, 5) is 14.9. The number of thiocarbonyl (C=S) groups is 1. The lowest BCUT2D eigenvalue weighted by molar-refractivity contribution is 0.0662. The molecule has 0 aliphatic carbocycles. The maximum absolute atomic E-state index is 12.2. The molecule has 1 aliphatic heterocycles. The molecule has 108 valence electrons. The van der Waals surface area contributed by atoms with E-state index in [1.807, 2.05) is 23.2 Å². The van der Waals surface area contributed by atoms with E-state index in [1.165, 1.54) is 0 Å². The van der Waals surface area contributed by atoms with Gasteiger partial charge < -0.3 is 10.6 Å². The highest BCUT2D eigenvalue weighted by atomic mass is 32.1. The normalized spacial score (nSPS) is 16.9. The molecule has 6 heteroatoms. The predicted octanol–water partition coefficient (Wildman–Crippen LogP) is 0.407. The number of rotatable bonds is 4. The second kappa shape index (κ2) is 6.78. The summed E-state index contributed by atoms with van der Waals surface area (Å²) in [5.74, 6) is -0.0839. The van der Waals surface area contributed by atoms with Gasteiger partial charge in [-0.3, -0.25) is 10.2 Å². The number of hydrazine groups is 1. The van der Waals surface area contributed by atoms with Gasteiger partial charge in [-0.1, -0.05) is 24.4 Å². The highest BCUT2D eigenvalue weighted by Crippen LogP contribution is 2.07. The predicted molar refractivity (Wildman–Crippen MR) is 83.5 cm³/mol. The van der Waals surface area contributed by atoms with Gasteiger partial charge in [0.2, 0.25) is 0 Å². The quantitative estimate of drug-likeness (QED) is 0.787. The molecule has 1 saturated heterocycles. The Labute approximate surface area is 124 Å². The van der Waals surface area contributed by atoms with Crippen LogP contribution in [-0.2, 0) is 6.42 Å². The van der Waals surface area contributed by atoms with Gasteiger partial charge in [0.05, 0.1) is 4.99 Å². The van der Waals surface area contributed by atoms with Crippen molar-refractivity contribution in [2.45, 2.75) is 6.42 Å². The fourth-order valence-corrected chi connectivity index (χ4v) is 2.32. The minimum Gasteiger partial charge on any atom is -0.393 e. The Balaban J connectivity index is 1.96. The minimum atomic E-state index is -0.0839. The summed E-state index contributed by atoms with van der Waals surface area (Å²) in [6, 6.07) is 7.41. The first kappa shape index (κ1) is 14.9. The maximum Gasteiger partial charge on any atom is 0.265 e. The molecule has 0 saturated carbocycles. The zero-order valence-corrected chi connectivity index (χ0v) is 12.4. The fourth-order valence-electron chi connectivity index (χ4n) is 2.15. The van der Waals surface area contributed by atoms with Gasteiger partial charge in [0.15, 0.2) is 0 Å². The fraction of sp³-hybridized carbons (Fsp3) is 0.429. The molecule has 1 aromatic rings. The number of benzene rings is 1. The molecule has 3 N–H and O–H groups in total. The second-order valence-corrected chi connectivity index (χ2v) is 5.60. The summed E-state index contributed by atoms with van der Waals surface area (Å²) >= 11 is 4.89. The molecule has 1 amide bonds. The third-order valence-electron chi connectivity index (χ3n) is 3.33. The average molecular weight is 292 g/mol. The lowest BCUT2D eigenvalue weighted by atomic mass is 10.1. The van der Waals surface area contributed by atoms with Crippen molar-refractivity contribution in [3.8, 4) is 0 Å². The van der Waals surface area contributed by atoms with Gasteiger partial charge in [-0.15, -0.1) is 0 Å². The molecule has 5 nitrogen and oxygen atoms in total. The second-order valence-electron chi connectivity index (χ2n) is 5.07. The Morgan fingerprint density at radius 1 is 1.35 bits per heavy atom. The van der Waals surface area contributed by atoms with Crippen LogP contribution in [-0.4, -0.2) is 54.0 Å². The van der Waals surface area contributed by atoms with E-state index >= 15 is 0 Å². The van der Waals surface area contributed by atoms with Gasteiger partial charge in [-0.2, -0.15) is 0 Å². The molecule has 0 unspecified atom stereocenters. The van der Waals surface area contributed by atoms with E-state index in [0.717, 1.165) is 31.7 Å². The molecule has 1 aromatic carbocycles. The number of hydrogen-bond acceptors (Lipinski definition) is 4. The lowest BCUT2D eigenvalue weighted by Crippen LogP contribution is -2.52. The van der Waals surface area contributed by atoms with Crippen molar-refractivity contribution in [1.29, 1.82) is 0 Å². The number of carbonyl (C=O) groups is 1. The Hall–Kier alpha value is -1.50. The van der Waals surface area contributed by atoms with E-state index in [4.69, 9.17) is 18.0 Å². The van der Waals surface area contributed by atoms with Crippen molar-refractivity contribution in [1.82, 2.24) is 15.3 Å². The maximum atomic E-state index is 12.2. The van der Waals surface area contributed by atoms with Crippen LogP contribution in [0.25, 0.3) is 0 Å². The highest BCUT2D eigenvalue weighted by Gasteiger charge is 2.16. The van der Waals surface area contributed by atoms with Gasteiger partial charge >= 0.3 is 0 Å². The summed E-state index contributed by atoms with van der Waals surface area (Å²) in [6.45, 7) is 3.60. The van der Waals surface area contributed by atoms with Crippen LogP contribution in [0.2, 0.25) is 0 Å². The molecule has 0 aromatic heterocycles. The minimum absolute atomic E-state index is 0.0839. The monoisotopic (exact) mass is 292 g/mol. The van der Waals surface area contributed by atoms with E-state index in [-0.39, 0.29) is 5.91 Å². The van der Waals surface area contributed by atoms with Gasteiger partial charge in [0, 0.05) is 38.2 Å². The van der Waals surface area contributed by atoms with Crippen LogP contribution in [0, 0.1) is 0 Å². The number of hydrogen-bond donors (Lipinski definition) is 2. The number of carbonyl (C=O) groups excluding carboxylic acids is 1. The van der Waals surface area contributed by atoms with Crippen LogP contribution >= 0.6 is 12.2 Å². The molecular weight excluding hydrogens is 272 g/mol. The zero-order valence-electron chi connectivity index (χ0n) is 11.6. The Morgan fingerprint density at radius 3 is 2.70 bits per heavy atom. The molecule has 2 rings (SSSR count). The van der Waals surface area contributed by atoms with Crippen molar-refractivity contribution in [3.63, 3.8) is 0 Å². The lowest BCUT2D eigenvalue weighted by Gasteiger charge is -2.32. The molecule has 0 radical (unpaired) electrons. The molecule has 1 heterocycles. The van der Waals surface area contributed by atoms with E-state index in [1.54, 1.807) is 6.07 Å². The molecule has 20 heavy (non-hydrogen) atoms. The third-order valence-corrected chi connectivity index (χ3v) is 3.47. The van der Waals surface area contributed by atoms with Crippen LogP contribution in [0.1, 0.15) is 15.9 Å². The Kier molecular flexibility index (Phi) is 5.05. The average Bonchev–Trinajstić information content (AvgIpc) is 2.41. The van der Waals surface area contributed by atoms with Crippen LogP contribution in [0.5, 0.6) is 0 Å². The van der Waals surface area contributed by atoms with Gasteiger partial charge in [-0.05, 0) is 24.7 Å². The molecule has 1 aliphatic rings. The molecule has 1 fully saturated rings. The smallest absolute Gasteiger partial charge is 0.265 e. The van der Waals surface area contributed by atoms with Crippen LogP contribution in [0.4, 0.5) is 0 Å².